The predicted octanol–water partition coefficient (Wildman–Crippen LogP) is 2.99. The lowest BCUT2D eigenvalue weighted by Crippen LogP contribution is -2.43. The Bertz CT molecular complexity index is 277. The molecule has 2 rings (SSSR count). The molecule has 0 aromatic rings. The van der Waals surface area contributed by atoms with Gasteiger partial charge in [0.25, 0.3) is 0 Å². The van der Waals surface area contributed by atoms with Gasteiger partial charge in [0.05, 0.1) is 11.7 Å². The topological polar surface area (TPSA) is 29.5 Å². The molecule has 2 aliphatic heterocycles. The highest BCUT2D eigenvalue weighted by Gasteiger charge is 2.42. The smallest absolute Gasteiger partial charge is 0.389 e. The van der Waals surface area contributed by atoms with Crippen molar-refractivity contribution in [3.8, 4) is 0 Å². The zero-order valence-electron chi connectivity index (χ0n) is 10.2. The van der Waals surface area contributed by atoms with Gasteiger partial charge >= 0.3 is 6.18 Å². The van der Waals surface area contributed by atoms with Crippen molar-refractivity contribution < 1.29 is 23.0 Å². The fourth-order valence-electron chi connectivity index (χ4n) is 2.80. The number of hydrogen-bond donors (Lipinski definition) is 1. The fourth-order valence-corrected chi connectivity index (χ4v) is 4.18. The first-order valence-corrected chi connectivity index (χ1v) is 7.52. The Kier molecular flexibility index (Phi) is 4.49. The molecule has 2 aliphatic rings. The van der Waals surface area contributed by atoms with E-state index >= 15 is 0 Å². The van der Waals surface area contributed by atoms with Gasteiger partial charge in [0.15, 0.2) is 0 Å². The van der Waals surface area contributed by atoms with Crippen LogP contribution in [0.3, 0.4) is 0 Å². The van der Waals surface area contributed by atoms with E-state index < -0.39 is 18.7 Å². The number of hydrogen-bond acceptors (Lipinski definition) is 3. The fraction of sp³-hybridized carbons (Fsp3) is 1.00. The van der Waals surface area contributed by atoms with E-state index in [1.165, 1.54) is 0 Å². The van der Waals surface area contributed by atoms with Crippen LogP contribution in [0.1, 0.15) is 32.1 Å². The molecule has 2 fully saturated rings. The Morgan fingerprint density at radius 3 is 2.83 bits per heavy atom. The van der Waals surface area contributed by atoms with Crippen LogP contribution in [-0.2, 0) is 4.74 Å². The number of halogens is 3. The average molecular weight is 284 g/mol. The third-order valence-electron chi connectivity index (χ3n) is 3.87. The second-order valence-corrected chi connectivity index (χ2v) is 6.41. The molecule has 2 heterocycles. The molecule has 18 heavy (non-hydrogen) atoms. The normalized spacial score (nSPS) is 35.0. The Morgan fingerprint density at radius 2 is 2.22 bits per heavy atom. The molecule has 0 aromatic carbocycles. The van der Waals surface area contributed by atoms with Crippen LogP contribution in [-0.4, -0.2) is 41.1 Å². The number of rotatable bonds is 3. The maximum Gasteiger partial charge on any atom is 0.389 e. The monoisotopic (exact) mass is 284 g/mol. The van der Waals surface area contributed by atoms with Crippen LogP contribution >= 0.6 is 11.8 Å². The summed E-state index contributed by atoms with van der Waals surface area (Å²) in [5, 5.41) is 9.92. The lowest BCUT2D eigenvalue weighted by Gasteiger charge is -2.39. The first-order valence-electron chi connectivity index (χ1n) is 6.37. The second-order valence-electron chi connectivity index (χ2n) is 5.31. The van der Waals surface area contributed by atoms with Gasteiger partial charge in [0, 0.05) is 18.8 Å². The average Bonchev–Trinajstić information content (AvgIpc) is 2.73. The summed E-state index contributed by atoms with van der Waals surface area (Å²) in [6, 6.07) is 0. The summed E-state index contributed by atoms with van der Waals surface area (Å²) in [4.78, 5) is 0. The molecule has 2 saturated heterocycles. The lowest BCUT2D eigenvalue weighted by atomic mass is 9.81. The number of ether oxygens (including phenoxy) is 1. The van der Waals surface area contributed by atoms with Crippen LogP contribution in [0.2, 0.25) is 0 Å². The van der Waals surface area contributed by atoms with Crippen LogP contribution in [0.4, 0.5) is 13.2 Å². The van der Waals surface area contributed by atoms with Gasteiger partial charge in [-0.2, -0.15) is 24.9 Å². The van der Waals surface area contributed by atoms with Crippen molar-refractivity contribution in [3.05, 3.63) is 0 Å². The summed E-state index contributed by atoms with van der Waals surface area (Å²) in [7, 11) is 0. The van der Waals surface area contributed by atoms with Crippen molar-refractivity contribution in [1.82, 2.24) is 0 Å². The summed E-state index contributed by atoms with van der Waals surface area (Å²) in [5.41, 5.74) is -0.174. The number of aliphatic hydroxyl groups excluding tert-OH is 1. The summed E-state index contributed by atoms with van der Waals surface area (Å²) in [6.45, 7) is 0.564. The Balaban J connectivity index is 1.84. The molecule has 2 nitrogen and oxygen atoms in total. The van der Waals surface area contributed by atoms with Gasteiger partial charge in [0.1, 0.15) is 0 Å². The van der Waals surface area contributed by atoms with Crippen LogP contribution in [0, 0.1) is 5.92 Å². The standard InChI is InChI=1S/C12H19F3O2S/c13-12(14,15)3-1-10(16)9-2-5-17-11(7-9)4-6-18-8-11/h9-10,16H,1-8H2. The van der Waals surface area contributed by atoms with E-state index in [0.29, 0.717) is 19.4 Å². The van der Waals surface area contributed by atoms with E-state index in [1.807, 2.05) is 11.8 Å². The van der Waals surface area contributed by atoms with Gasteiger partial charge in [-0.1, -0.05) is 0 Å². The quantitative estimate of drug-likeness (QED) is 0.864. The van der Waals surface area contributed by atoms with Crippen molar-refractivity contribution >= 4 is 11.8 Å². The molecule has 0 aromatic heterocycles. The van der Waals surface area contributed by atoms with Gasteiger partial charge in [-0.25, -0.2) is 0 Å². The maximum absolute atomic E-state index is 12.1. The zero-order valence-corrected chi connectivity index (χ0v) is 11.0. The van der Waals surface area contributed by atoms with Crippen LogP contribution < -0.4 is 0 Å². The van der Waals surface area contributed by atoms with Gasteiger partial charge < -0.3 is 9.84 Å². The molecule has 0 radical (unpaired) electrons. The van der Waals surface area contributed by atoms with Gasteiger partial charge in [-0.15, -0.1) is 0 Å². The number of aliphatic hydroxyl groups is 1. The first kappa shape index (κ1) is 14.5. The van der Waals surface area contributed by atoms with E-state index in [0.717, 1.165) is 17.9 Å². The van der Waals surface area contributed by atoms with Crippen molar-refractivity contribution in [3.63, 3.8) is 0 Å². The van der Waals surface area contributed by atoms with Crippen molar-refractivity contribution in [2.45, 2.75) is 50.0 Å². The molecule has 106 valence electrons. The van der Waals surface area contributed by atoms with Gasteiger partial charge in [0.2, 0.25) is 0 Å². The molecule has 6 heteroatoms. The second kappa shape index (κ2) is 5.59. The van der Waals surface area contributed by atoms with Gasteiger partial charge in [-0.05, 0) is 37.4 Å². The van der Waals surface area contributed by atoms with E-state index in [2.05, 4.69) is 0 Å². The Hall–Kier alpha value is 0.0600. The minimum absolute atomic E-state index is 0.0419. The highest BCUT2D eigenvalue weighted by Crippen LogP contribution is 2.42. The molecule has 0 bridgehead atoms. The minimum Gasteiger partial charge on any atom is -0.393 e. The highest BCUT2D eigenvalue weighted by atomic mass is 32.2. The van der Waals surface area contributed by atoms with Crippen molar-refractivity contribution in [1.29, 1.82) is 0 Å². The number of thioether (sulfide) groups is 1. The molecule has 1 spiro atoms. The Morgan fingerprint density at radius 1 is 1.44 bits per heavy atom. The highest BCUT2D eigenvalue weighted by molar-refractivity contribution is 7.99. The molecule has 0 amide bonds. The molecule has 3 atom stereocenters. The van der Waals surface area contributed by atoms with Crippen molar-refractivity contribution in [2.24, 2.45) is 5.92 Å². The molecular formula is C12H19F3O2S. The summed E-state index contributed by atoms with van der Waals surface area (Å²) < 4.78 is 42.2. The third-order valence-corrected chi connectivity index (χ3v) is 5.09. The zero-order chi connectivity index (χ0) is 13.2. The van der Waals surface area contributed by atoms with Crippen molar-refractivity contribution in [2.75, 3.05) is 18.1 Å². The molecule has 1 N–H and O–H groups in total. The van der Waals surface area contributed by atoms with Crippen LogP contribution in [0.5, 0.6) is 0 Å². The first-order chi connectivity index (χ1) is 8.40. The summed E-state index contributed by atoms with van der Waals surface area (Å²) in [6.07, 6.45) is -3.76. The third kappa shape index (κ3) is 3.78. The van der Waals surface area contributed by atoms with E-state index in [9.17, 15) is 18.3 Å². The minimum atomic E-state index is -4.17. The predicted molar refractivity (Wildman–Crippen MR) is 64.6 cm³/mol. The van der Waals surface area contributed by atoms with E-state index in [4.69, 9.17) is 4.74 Å². The lowest BCUT2D eigenvalue weighted by molar-refractivity contribution is -0.146. The molecule has 3 unspecified atom stereocenters. The maximum atomic E-state index is 12.1. The van der Waals surface area contributed by atoms with Gasteiger partial charge in [-0.3, -0.25) is 0 Å². The van der Waals surface area contributed by atoms with E-state index in [1.54, 1.807) is 0 Å². The number of alkyl halides is 3. The molecular weight excluding hydrogens is 265 g/mol. The van der Waals surface area contributed by atoms with E-state index in [-0.39, 0.29) is 17.9 Å². The van der Waals surface area contributed by atoms with Crippen LogP contribution in [0.15, 0.2) is 0 Å². The Labute approximate surface area is 109 Å². The SMILES string of the molecule is OC(CCC(F)(F)F)C1CCOC2(CCSC2)C1. The summed E-state index contributed by atoms with van der Waals surface area (Å²) >= 11 is 1.82. The molecule has 0 saturated carbocycles. The largest absolute Gasteiger partial charge is 0.393 e. The van der Waals surface area contributed by atoms with Crippen LogP contribution in [0.25, 0.3) is 0 Å². The molecule has 0 aliphatic carbocycles. The summed E-state index contributed by atoms with van der Waals surface area (Å²) in [5.74, 6) is 1.92.